The van der Waals surface area contributed by atoms with Gasteiger partial charge in [0.15, 0.2) is 0 Å². The van der Waals surface area contributed by atoms with Gasteiger partial charge in [-0.3, -0.25) is 0 Å². The second-order valence-electron chi connectivity index (χ2n) is 3.91. The highest BCUT2D eigenvalue weighted by atomic mass is 16.5. The van der Waals surface area contributed by atoms with Crippen LogP contribution in [0.4, 0.5) is 0 Å². The van der Waals surface area contributed by atoms with Crippen molar-refractivity contribution in [2.75, 3.05) is 7.11 Å². The van der Waals surface area contributed by atoms with E-state index < -0.39 is 5.97 Å². The van der Waals surface area contributed by atoms with Crippen LogP contribution in [-0.2, 0) is 11.3 Å². The molecule has 0 aliphatic rings. The Morgan fingerprint density at radius 1 is 1.50 bits per heavy atom. The van der Waals surface area contributed by atoms with Gasteiger partial charge < -0.3 is 18.9 Å². The molecule has 1 N–H and O–H groups in total. The standard InChI is InChI=1S/C13H15NO4/c1-9(12-4-3-5-17-12)14-7-11-6-10(8-18-11)13(15)16-2/h3-6,8-9,14H,7H2,1-2H3. The van der Waals surface area contributed by atoms with Crippen LogP contribution >= 0.6 is 0 Å². The van der Waals surface area contributed by atoms with Crippen LogP contribution in [0.3, 0.4) is 0 Å². The van der Waals surface area contributed by atoms with E-state index in [4.69, 9.17) is 8.83 Å². The molecule has 0 amide bonds. The molecule has 1 atom stereocenters. The Balaban J connectivity index is 1.90. The summed E-state index contributed by atoms with van der Waals surface area (Å²) in [7, 11) is 1.34. The topological polar surface area (TPSA) is 64.6 Å². The number of esters is 1. The Labute approximate surface area is 105 Å². The average Bonchev–Trinajstić information content (AvgIpc) is 3.05. The van der Waals surface area contributed by atoms with Crippen molar-refractivity contribution in [1.82, 2.24) is 5.32 Å². The third-order valence-electron chi connectivity index (χ3n) is 2.63. The molecule has 0 saturated heterocycles. The van der Waals surface area contributed by atoms with E-state index in [-0.39, 0.29) is 6.04 Å². The maximum absolute atomic E-state index is 11.2. The molecule has 96 valence electrons. The first-order chi connectivity index (χ1) is 8.70. The summed E-state index contributed by atoms with van der Waals surface area (Å²) >= 11 is 0. The maximum atomic E-state index is 11.2. The molecule has 0 aliphatic heterocycles. The highest BCUT2D eigenvalue weighted by molar-refractivity contribution is 5.88. The van der Waals surface area contributed by atoms with Crippen molar-refractivity contribution in [3.8, 4) is 0 Å². The average molecular weight is 249 g/mol. The molecule has 0 saturated carbocycles. The van der Waals surface area contributed by atoms with Crippen LogP contribution in [0.1, 0.15) is 34.8 Å². The molecule has 0 aromatic carbocycles. The van der Waals surface area contributed by atoms with Crippen molar-refractivity contribution in [1.29, 1.82) is 0 Å². The van der Waals surface area contributed by atoms with Crippen LogP contribution in [0.2, 0.25) is 0 Å². The van der Waals surface area contributed by atoms with Gasteiger partial charge in [-0.15, -0.1) is 0 Å². The minimum absolute atomic E-state index is 0.0756. The molecule has 18 heavy (non-hydrogen) atoms. The number of methoxy groups -OCH3 is 1. The van der Waals surface area contributed by atoms with Crippen molar-refractivity contribution < 1.29 is 18.4 Å². The maximum Gasteiger partial charge on any atom is 0.341 e. The van der Waals surface area contributed by atoms with Crippen molar-refractivity contribution in [3.63, 3.8) is 0 Å². The Hall–Kier alpha value is -2.01. The molecule has 5 heteroatoms. The number of ether oxygens (including phenoxy) is 1. The van der Waals surface area contributed by atoms with Crippen LogP contribution in [0, 0.1) is 0 Å². The molecular formula is C13H15NO4. The molecule has 0 spiro atoms. The molecular weight excluding hydrogens is 234 g/mol. The van der Waals surface area contributed by atoms with Crippen LogP contribution in [-0.4, -0.2) is 13.1 Å². The monoisotopic (exact) mass is 249 g/mol. The second kappa shape index (κ2) is 5.55. The van der Waals surface area contributed by atoms with Gasteiger partial charge in [0, 0.05) is 0 Å². The van der Waals surface area contributed by atoms with Gasteiger partial charge in [-0.05, 0) is 25.1 Å². The normalized spacial score (nSPS) is 12.3. The van der Waals surface area contributed by atoms with E-state index in [9.17, 15) is 4.79 Å². The number of carbonyl (C=O) groups is 1. The summed E-state index contributed by atoms with van der Waals surface area (Å²) in [5, 5.41) is 3.23. The summed E-state index contributed by atoms with van der Waals surface area (Å²) in [5.41, 5.74) is 0.417. The third kappa shape index (κ3) is 2.81. The fourth-order valence-electron chi connectivity index (χ4n) is 1.59. The molecule has 2 rings (SSSR count). The summed E-state index contributed by atoms with van der Waals surface area (Å²) < 4.78 is 15.1. The summed E-state index contributed by atoms with van der Waals surface area (Å²) in [6, 6.07) is 5.48. The van der Waals surface area contributed by atoms with Crippen LogP contribution in [0.5, 0.6) is 0 Å². The Morgan fingerprint density at radius 2 is 2.33 bits per heavy atom. The first kappa shape index (κ1) is 12.4. The molecule has 0 bridgehead atoms. The highest BCUT2D eigenvalue weighted by Gasteiger charge is 2.12. The molecule has 0 radical (unpaired) electrons. The lowest BCUT2D eigenvalue weighted by Gasteiger charge is -2.09. The summed E-state index contributed by atoms with van der Waals surface area (Å²) in [6.07, 6.45) is 3.02. The van der Waals surface area contributed by atoms with E-state index in [1.165, 1.54) is 13.4 Å². The Bertz CT molecular complexity index is 501. The predicted molar refractivity (Wildman–Crippen MR) is 64.0 cm³/mol. The Kier molecular flexibility index (Phi) is 3.84. The second-order valence-corrected chi connectivity index (χ2v) is 3.91. The highest BCUT2D eigenvalue weighted by Crippen LogP contribution is 2.14. The van der Waals surface area contributed by atoms with Crippen LogP contribution in [0.15, 0.2) is 39.6 Å². The summed E-state index contributed by atoms with van der Waals surface area (Å²) in [5.74, 6) is 1.13. The van der Waals surface area contributed by atoms with Crippen molar-refractivity contribution >= 4 is 5.97 Å². The number of carbonyl (C=O) groups excluding carboxylic acids is 1. The van der Waals surface area contributed by atoms with Crippen molar-refractivity contribution in [2.24, 2.45) is 0 Å². The van der Waals surface area contributed by atoms with Crippen LogP contribution < -0.4 is 5.32 Å². The zero-order valence-corrected chi connectivity index (χ0v) is 10.3. The molecule has 1 unspecified atom stereocenters. The van der Waals surface area contributed by atoms with E-state index in [2.05, 4.69) is 10.1 Å². The first-order valence-electron chi connectivity index (χ1n) is 5.63. The molecule has 0 fully saturated rings. The minimum Gasteiger partial charge on any atom is -0.468 e. The lowest BCUT2D eigenvalue weighted by atomic mass is 10.2. The van der Waals surface area contributed by atoms with Gasteiger partial charge in [0.25, 0.3) is 0 Å². The van der Waals surface area contributed by atoms with Gasteiger partial charge in [-0.25, -0.2) is 4.79 Å². The number of rotatable bonds is 5. The SMILES string of the molecule is COC(=O)c1coc(CNC(C)c2ccco2)c1. The largest absolute Gasteiger partial charge is 0.468 e. The number of nitrogens with one attached hydrogen (secondary N) is 1. The zero-order chi connectivity index (χ0) is 13.0. The fourth-order valence-corrected chi connectivity index (χ4v) is 1.59. The quantitative estimate of drug-likeness (QED) is 0.825. The third-order valence-corrected chi connectivity index (χ3v) is 2.63. The number of hydrogen-bond donors (Lipinski definition) is 1. The van der Waals surface area contributed by atoms with Crippen LogP contribution in [0.25, 0.3) is 0 Å². The van der Waals surface area contributed by atoms with E-state index in [0.717, 1.165) is 5.76 Å². The molecule has 0 aliphatic carbocycles. The summed E-state index contributed by atoms with van der Waals surface area (Å²) in [6.45, 7) is 2.50. The predicted octanol–water partition coefficient (Wildman–Crippen LogP) is 2.51. The number of furan rings is 2. The Morgan fingerprint density at radius 3 is 3.00 bits per heavy atom. The lowest BCUT2D eigenvalue weighted by Crippen LogP contribution is -2.17. The fraction of sp³-hybridized carbons (Fsp3) is 0.308. The molecule has 2 aromatic heterocycles. The lowest BCUT2D eigenvalue weighted by molar-refractivity contribution is 0.0600. The van der Waals surface area contributed by atoms with Gasteiger partial charge in [-0.1, -0.05) is 0 Å². The molecule has 5 nitrogen and oxygen atoms in total. The minimum atomic E-state index is -0.399. The number of hydrogen-bond acceptors (Lipinski definition) is 5. The van der Waals surface area contributed by atoms with Crippen molar-refractivity contribution in [3.05, 3.63) is 47.8 Å². The van der Waals surface area contributed by atoms with Gasteiger partial charge in [0.05, 0.1) is 31.5 Å². The van der Waals surface area contributed by atoms with Gasteiger partial charge in [0.2, 0.25) is 0 Å². The van der Waals surface area contributed by atoms with E-state index in [1.54, 1.807) is 12.3 Å². The smallest absolute Gasteiger partial charge is 0.341 e. The molecule has 2 heterocycles. The van der Waals surface area contributed by atoms with E-state index in [0.29, 0.717) is 17.9 Å². The first-order valence-corrected chi connectivity index (χ1v) is 5.63. The van der Waals surface area contributed by atoms with Gasteiger partial charge in [-0.2, -0.15) is 0 Å². The van der Waals surface area contributed by atoms with Gasteiger partial charge in [0.1, 0.15) is 17.8 Å². The zero-order valence-electron chi connectivity index (χ0n) is 10.3. The van der Waals surface area contributed by atoms with E-state index >= 15 is 0 Å². The van der Waals surface area contributed by atoms with Crippen molar-refractivity contribution in [2.45, 2.75) is 19.5 Å². The molecule has 2 aromatic rings. The van der Waals surface area contributed by atoms with E-state index in [1.807, 2.05) is 19.1 Å². The summed E-state index contributed by atoms with van der Waals surface area (Å²) in [4.78, 5) is 11.2. The van der Waals surface area contributed by atoms with Gasteiger partial charge >= 0.3 is 5.97 Å².